The zero-order valence-electron chi connectivity index (χ0n) is 23.6. The van der Waals surface area contributed by atoms with Crippen LogP contribution in [0.25, 0.3) is 0 Å². The molecule has 2 aromatic rings. The monoisotopic (exact) mass is 631 g/mol. The number of carboxylic acid groups (broad SMARTS) is 4. The molecule has 0 saturated carbocycles. The summed E-state index contributed by atoms with van der Waals surface area (Å²) in [6.07, 6.45) is -3.58. The maximum absolute atomic E-state index is 12.9. The number of nitrogens with two attached hydrogens (primary N) is 2. The molecule has 0 aromatic heterocycles. The zero-order valence-corrected chi connectivity index (χ0v) is 23.6. The second-order valence-corrected chi connectivity index (χ2v) is 9.21. The number of nitrogens with zero attached hydrogens (tertiary/aromatic N) is 3. The number of benzene rings is 2. The highest BCUT2D eigenvalue weighted by Gasteiger charge is 2.37. The first-order chi connectivity index (χ1) is 21.1. The van der Waals surface area contributed by atoms with E-state index >= 15 is 0 Å². The van der Waals surface area contributed by atoms with E-state index in [1.165, 1.54) is 48.5 Å². The molecular formula is C27H29N5O13. The molecule has 18 heteroatoms. The number of carbonyl (C=O) groups excluding carboxylic acids is 3. The molecule has 2 amide bonds. The molecule has 0 fully saturated rings. The van der Waals surface area contributed by atoms with Gasteiger partial charge in [-0.2, -0.15) is 0 Å². The molecule has 8 N–H and O–H groups in total. The maximum atomic E-state index is 12.9. The summed E-state index contributed by atoms with van der Waals surface area (Å²) in [5, 5.41) is 37.0. The molecule has 0 radical (unpaired) electrons. The van der Waals surface area contributed by atoms with Crippen LogP contribution in [-0.4, -0.2) is 104 Å². The predicted octanol–water partition coefficient (Wildman–Crippen LogP) is 0.0635. The number of aliphatic imine (C=N–C) groups is 1. The number of carboxylic acids is 4. The van der Waals surface area contributed by atoms with Crippen LogP contribution in [0.1, 0.15) is 28.8 Å². The number of hydrogen-bond acceptors (Lipinski definition) is 10. The van der Waals surface area contributed by atoms with Crippen LogP contribution in [0.5, 0.6) is 5.75 Å². The summed E-state index contributed by atoms with van der Waals surface area (Å²) in [5.41, 5.74) is 11.5. The molecule has 18 nitrogen and oxygen atoms in total. The van der Waals surface area contributed by atoms with Gasteiger partial charge >= 0.3 is 35.9 Å². The van der Waals surface area contributed by atoms with Crippen molar-refractivity contribution in [3.8, 4) is 5.75 Å². The van der Waals surface area contributed by atoms with Gasteiger partial charge in [-0.05, 0) is 42.0 Å². The Hall–Kier alpha value is -6.20. The number of amides is 2. The number of ether oxygens (including phenoxy) is 2. The second kappa shape index (κ2) is 15.9. The molecule has 0 saturated heterocycles. The van der Waals surface area contributed by atoms with Crippen LogP contribution in [0.3, 0.4) is 0 Å². The standard InChI is InChI=1S/C27H29N5O13/c1-31(18(23(38)39)10-21(34)35)20(33)12-32(19(24(40)41)11-22(36)37)27(43)44-13-14-2-8-17(9-3-14)45-25(42)15-4-6-16(7-5-15)30-26(28)29/h2-9,18-19H,10-13H2,1H3,(H,34,35)(H,36,37)(H,38,39)(H,40,41)(H4,28,29,30)/t18-,19-/m0/s1. The van der Waals surface area contributed by atoms with Crippen molar-refractivity contribution in [1.29, 1.82) is 0 Å². The SMILES string of the molecule is CN(C(=O)CN(C(=O)OCc1ccc(OC(=O)c2ccc(N=C(N)N)cc2)cc1)[C@@H](CC(=O)O)C(=O)O)[C@@H](CC(=O)O)C(=O)O. The molecule has 0 aliphatic carbocycles. The Balaban J connectivity index is 2.14. The van der Waals surface area contributed by atoms with E-state index in [2.05, 4.69) is 4.99 Å². The quantitative estimate of drug-likeness (QED) is 0.0655. The Bertz CT molecular complexity index is 1470. The molecule has 0 spiro atoms. The molecule has 0 heterocycles. The molecule has 240 valence electrons. The molecule has 0 bridgehead atoms. The van der Waals surface area contributed by atoms with Gasteiger partial charge in [-0.25, -0.2) is 24.2 Å². The van der Waals surface area contributed by atoms with Crippen LogP contribution in [-0.2, 0) is 35.3 Å². The van der Waals surface area contributed by atoms with Gasteiger partial charge in [0.1, 0.15) is 31.0 Å². The fraction of sp³-hybridized carbons (Fsp3) is 0.259. The highest BCUT2D eigenvalue weighted by molar-refractivity contribution is 5.92. The van der Waals surface area contributed by atoms with Crippen LogP contribution in [0.4, 0.5) is 10.5 Å². The van der Waals surface area contributed by atoms with Crippen molar-refractivity contribution in [3.05, 3.63) is 59.7 Å². The van der Waals surface area contributed by atoms with Gasteiger partial charge in [0.05, 0.1) is 24.1 Å². The van der Waals surface area contributed by atoms with E-state index in [0.29, 0.717) is 16.2 Å². The van der Waals surface area contributed by atoms with Crippen LogP contribution in [0.15, 0.2) is 53.5 Å². The lowest BCUT2D eigenvalue weighted by atomic mass is 10.1. The van der Waals surface area contributed by atoms with Crippen molar-refractivity contribution in [2.24, 2.45) is 16.5 Å². The summed E-state index contributed by atoms with van der Waals surface area (Å²) in [5.74, 6) is -8.62. The lowest BCUT2D eigenvalue weighted by molar-refractivity contribution is -0.155. The normalized spacial score (nSPS) is 11.7. The third-order valence-corrected chi connectivity index (χ3v) is 5.94. The maximum Gasteiger partial charge on any atom is 0.411 e. The third-order valence-electron chi connectivity index (χ3n) is 5.94. The van der Waals surface area contributed by atoms with Crippen molar-refractivity contribution in [2.75, 3.05) is 13.6 Å². The topological polar surface area (TPSA) is 290 Å². The fourth-order valence-corrected chi connectivity index (χ4v) is 3.65. The van der Waals surface area contributed by atoms with E-state index in [0.717, 1.165) is 7.05 Å². The van der Waals surface area contributed by atoms with Gasteiger partial charge in [0, 0.05) is 7.05 Å². The summed E-state index contributed by atoms with van der Waals surface area (Å²) in [6, 6.07) is 7.42. The molecule has 2 atom stereocenters. The first-order valence-electron chi connectivity index (χ1n) is 12.7. The summed E-state index contributed by atoms with van der Waals surface area (Å²) < 4.78 is 10.4. The predicted molar refractivity (Wildman–Crippen MR) is 150 cm³/mol. The average molecular weight is 632 g/mol. The largest absolute Gasteiger partial charge is 0.481 e. The molecule has 0 aliphatic rings. The van der Waals surface area contributed by atoms with E-state index in [4.69, 9.17) is 31.2 Å². The van der Waals surface area contributed by atoms with Crippen molar-refractivity contribution in [3.63, 3.8) is 0 Å². The van der Waals surface area contributed by atoms with Crippen molar-refractivity contribution < 1.29 is 63.5 Å². The average Bonchev–Trinajstić information content (AvgIpc) is 2.96. The number of aliphatic carboxylic acids is 4. The molecule has 2 aromatic carbocycles. The number of guanidine groups is 1. The summed E-state index contributed by atoms with van der Waals surface area (Å²) in [6.45, 7) is -1.65. The Morgan fingerprint density at radius 2 is 1.33 bits per heavy atom. The lowest BCUT2D eigenvalue weighted by Gasteiger charge is -2.30. The Labute approximate surface area is 254 Å². The van der Waals surface area contributed by atoms with E-state index in [-0.39, 0.29) is 22.2 Å². The number of rotatable bonds is 15. The van der Waals surface area contributed by atoms with Crippen molar-refractivity contribution in [2.45, 2.75) is 31.5 Å². The van der Waals surface area contributed by atoms with Crippen LogP contribution >= 0.6 is 0 Å². The van der Waals surface area contributed by atoms with Gasteiger partial charge in [-0.1, -0.05) is 12.1 Å². The zero-order chi connectivity index (χ0) is 33.8. The minimum Gasteiger partial charge on any atom is -0.481 e. The number of likely N-dealkylation sites (N-methyl/N-ethyl adjacent to an activating group) is 1. The first kappa shape index (κ1) is 35.0. The molecule has 45 heavy (non-hydrogen) atoms. The molecule has 0 unspecified atom stereocenters. The van der Waals surface area contributed by atoms with E-state index in [9.17, 15) is 43.8 Å². The first-order valence-corrected chi connectivity index (χ1v) is 12.7. The van der Waals surface area contributed by atoms with Gasteiger partial charge in [0.2, 0.25) is 5.91 Å². The lowest BCUT2D eigenvalue weighted by Crippen LogP contribution is -2.53. The van der Waals surface area contributed by atoms with Gasteiger partial charge in [0.15, 0.2) is 5.96 Å². The highest BCUT2D eigenvalue weighted by atomic mass is 16.6. The van der Waals surface area contributed by atoms with Gasteiger partial charge in [-0.3, -0.25) is 19.3 Å². The number of esters is 1. The van der Waals surface area contributed by atoms with Crippen molar-refractivity contribution in [1.82, 2.24) is 9.80 Å². The number of carbonyl (C=O) groups is 7. The third kappa shape index (κ3) is 10.9. The minimum absolute atomic E-state index is 0.111. The van der Waals surface area contributed by atoms with E-state index < -0.39 is 79.9 Å². The summed E-state index contributed by atoms with van der Waals surface area (Å²) in [4.78, 5) is 88.3. The van der Waals surface area contributed by atoms with Gasteiger partial charge < -0.3 is 46.3 Å². The van der Waals surface area contributed by atoms with Crippen LogP contribution in [0, 0.1) is 0 Å². The van der Waals surface area contributed by atoms with Gasteiger partial charge in [0.25, 0.3) is 0 Å². The van der Waals surface area contributed by atoms with E-state index in [1.54, 1.807) is 0 Å². The molecule has 2 rings (SSSR count). The fourth-order valence-electron chi connectivity index (χ4n) is 3.65. The Morgan fingerprint density at radius 3 is 1.82 bits per heavy atom. The van der Waals surface area contributed by atoms with Crippen LogP contribution < -0.4 is 16.2 Å². The van der Waals surface area contributed by atoms with Crippen molar-refractivity contribution >= 4 is 53.5 Å². The minimum atomic E-state index is -2.11. The Kier molecular flexibility index (Phi) is 12.3. The number of hydrogen-bond donors (Lipinski definition) is 6. The smallest absolute Gasteiger partial charge is 0.411 e. The van der Waals surface area contributed by atoms with Crippen LogP contribution in [0.2, 0.25) is 0 Å². The Morgan fingerprint density at radius 1 is 0.800 bits per heavy atom. The highest BCUT2D eigenvalue weighted by Crippen LogP contribution is 2.18. The van der Waals surface area contributed by atoms with E-state index in [1.807, 2.05) is 0 Å². The van der Waals surface area contributed by atoms with Gasteiger partial charge in [-0.15, -0.1) is 0 Å². The summed E-state index contributed by atoms with van der Waals surface area (Å²) >= 11 is 0. The summed E-state index contributed by atoms with van der Waals surface area (Å²) in [7, 11) is 0.927. The molecular weight excluding hydrogens is 602 g/mol. The molecule has 0 aliphatic heterocycles. The second-order valence-electron chi connectivity index (χ2n) is 9.21.